The first-order valence-electron chi connectivity index (χ1n) is 5.91. The average Bonchev–Trinajstić information content (AvgIpc) is 2.64. The summed E-state index contributed by atoms with van der Waals surface area (Å²) in [6.45, 7) is 2.08. The van der Waals surface area contributed by atoms with E-state index in [2.05, 4.69) is 16.5 Å². The summed E-state index contributed by atoms with van der Waals surface area (Å²) in [5.74, 6) is 1.41. The first kappa shape index (κ1) is 12.0. The standard InChI is InChI=1S/C12H14N2O2S2/c1-2-17-12-13-10-5-3-4-6-11(10)14(12)9-7-18(15,16)8-9/h3-6,9H,2,7-8H2,1H3. The van der Waals surface area contributed by atoms with E-state index < -0.39 is 9.84 Å². The Morgan fingerprint density at radius 1 is 1.39 bits per heavy atom. The van der Waals surface area contributed by atoms with Crippen molar-refractivity contribution in [1.82, 2.24) is 9.55 Å². The third-order valence-electron chi connectivity index (χ3n) is 3.09. The number of sulfone groups is 1. The van der Waals surface area contributed by atoms with Gasteiger partial charge in [0.2, 0.25) is 0 Å². The van der Waals surface area contributed by atoms with Gasteiger partial charge in [-0.3, -0.25) is 0 Å². The van der Waals surface area contributed by atoms with Crippen LogP contribution >= 0.6 is 11.8 Å². The number of imidazole rings is 1. The van der Waals surface area contributed by atoms with E-state index in [1.165, 1.54) is 0 Å². The SMILES string of the molecule is CCSc1nc2ccccc2n1C1CS(=O)(=O)C1. The molecule has 4 nitrogen and oxygen atoms in total. The Balaban J connectivity index is 2.10. The Bertz CT molecular complexity index is 679. The molecule has 0 aliphatic carbocycles. The lowest BCUT2D eigenvalue weighted by atomic mass is 10.3. The van der Waals surface area contributed by atoms with Crippen LogP contribution in [-0.2, 0) is 9.84 Å². The van der Waals surface area contributed by atoms with Crippen molar-refractivity contribution in [2.24, 2.45) is 0 Å². The highest BCUT2D eigenvalue weighted by Gasteiger charge is 2.36. The fourth-order valence-corrected chi connectivity index (χ4v) is 4.47. The normalized spacial score (nSPS) is 18.9. The minimum atomic E-state index is -2.81. The number of thioether (sulfide) groups is 1. The van der Waals surface area contributed by atoms with Crippen LogP contribution in [0.5, 0.6) is 0 Å². The molecule has 1 aliphatic rings. The van der Waals surface area contributed by atoms with Crippen LogP contribution < -0.4 is 0 Å². The lowest BCUT2D eigenvalue weighted by molar-refractivity contribution is 0.493. The summed E-state index contributed by atoms with van der Waals surface area (Å²) in [4.78, 5) is 4.58. The molecule has 0 amide bonds. The first-order valence-corrected chi connectivity index (χ1v) is 8.71. The van der Waals surface area contributed by atoms with Crippen molar-refractivity contribution in [3.05, 3.63) is 24.3 Å². The van der Waals surface area contributed by atoms with Gasteiger partial charge in [0.25, 0.3) is 0 Å². The Morgan fingerprint density at radius 2 is 2.11 bits per heavy atom. The van der Waals surface area contributed by atoms with Gasteiger partial charge in [0.15, 0.2) is 15.0 Å². The molecular formula is C12H14N2O2S2. The topological polar surface area (TPSA) is 52.0 Å². The van der Waals surface area contributed by atoms with Crippen molar-refractivity contribution in [2.75, 3.05) is 17.3 Å². The van der Waals surface area contributed by atoms with E-state index >= 15 is 0 Å². The van der Waals surface area contributed by atoms with Crippen LogP contribution in [0.3, 0.4) is 0 Å². The smallest absolute Gasteiger partial charge is 0.169 e. The third kappa shape index (κ3) is 1.93. The number of hydrogen-bond donors (Lipinski definition) is 0. The van der Waals surface area contributed by atoms with Gasteiger partial charge in [0.1, 0.15) is 0 Å². The van der Waals surface area contributed by atoms with E-state index in [0.717, 1.165) is 21.9 Å². The summed E-state index contributed by atoms with van der Waals surface area (Å²) < 4.78 is 24.8. The van der Waals surface area contributed by atoms with Gasteiger partial charge in [-0.25, -0.2) is 13.4 Å². The number of aromatic nitrogens is 2. The third-order valence-corrected chi connectivity index (χ3v) is 5.71. The van der Waals surface area contributed by atoms with Crippen molar-refractivity contribution in [2.45, 2.75) is 18.1 Å². The second-order valence-electron chi connectivity index (χ2n) is 4.42. The fraction of sp³-hybridized carbons (Fsp3) is 0.417. The highest BCUT2D eigenvalue weighted by molar-refractivity contribution is 7.99. The number of benzene rings is 1. The van der Waals surface area contributed by atoms with Gasteiger partial charge in [-0.05, 0) is 17.9 Å². The highest BCUT2D eigenvalue weighted by Crippen LogP contribution is 2.33. The molecule has 96 valence electrons. The van der Waals surface area contributed by atoms with E-state index in [0.29, 0.717) is 0 Å². The molecule has 6 heteroatoms. The second-order valence-corrected chi connectivity index (χ2v) is 7.80. The van der Waals surface area contributed by atoms with Crippen LogP contribution in [-0.4, -0.2) is 35.2 Å². The molecule has 18 heavy (non-hydrogen) atoms. The van der Waals surface area contributed by atoms with Crippen LogP contribution in [0.4, 0.5) is 0 Å². The van der Waals surface area contributed by atoms with Crippen LogP contribution in [0.15, 0.2) is 29.4 Å². The zero-order valence-corrected chi connectivity index (χ0v) is 11.7. The van der Waals surface area contributed by atoms with E-state index in [-0.39, 0.29) is 17.5 Å². The number of nitrogens with zero attached hydrogens (tertiary/aromatic N) is 2. The molecule has 0 spiro atoms. The Hall–Kier alpha value is -1.01. The maximum absolute atomic E-state index is 11.4. The minimum absolute atomic E-state index is 0.0523. The molecule has 3 rings (SSSR count). The average molecular weight is 282 g/mol. The van der Waals surface area contributed by atoms with Crippen LogP contribution in [0.25, 0.3) is 11.0 Å². The van der Waals surface area contributed by atoms with Crippen LogP contribution in [0.2, 0.25) is 0 Å². The highest BCUT2D eigenvalue weighted by atomic mass is 32.2. The summed E-state index contributed by atoms with van der Waals surface area (Å²) in [6.07, 6.45) is 0. The van der Waals surface area contributed by atoms with Gasteiger partial charge in [-0.15, -0.1) is 0 Å². The van der Waals surface area contributed by atoms with Gasteiger partial charge < -0.3 is 4.57 Å². The summed E-state index contributed by atoms with van der Waals surface area (Å²) in [5.41, 5.74) is 1.98. The summed E-state index contributed by atoms with van der Waals surface area (Å²) in [6, 6.07) is 7.95. The Kier molecular flexibility index (Phi) is 2.86. The first-order chi connectivity index (χ1) is 8.61. The van der Waals surface area contributed by atoms with Crippen molar-refractivity contribution < 1.29 is 8.42 Å². The molecule has 1 fully saturated rings. The molecule has 2 aromatic rings. The molecule has 1 aromatic carbocycles. The maximum atomic E-state index is 11.4. The molecule has 2 heterocycles. The molecule has 1 saturated heterocycles. The fourth-order valence-electron chi connectivity index (χ4n) is 2.29. The lowest BCUT2D eigenvalue weighted by Crippen LogP contribution is -2.38. The molecule has 1 aromatic heterocycles. The van der Waals surface area contributed by atoms with E-state index in [1.54, 1.807) is 11.8 Å². The number of rotatable bonds is 3. The summed E-state index contributed by atoms with van der Waals surface area (Å²) >= 11 is 1.66. The largest absolute Gasteiger partial charge is 0.314 e. The van der Waals surface area contributed by atoms with Gasteiger partial charge in [-0.1, -0.05) is 30.8 Å². The van der Waals surface area contributed by atoms with E-state index in [9.17, 15) is 8.42 Å². The van der Waals surface area contributed by atoms with Crippen LogP contribution in [0, 0.1) is 0 Å². The van der Waals surface area contributed by atoms with Crippen molar-refractivity contribution in [3.63, 3.8) is 0 Å². The van der Waals surface area contributed by atoms with Crippen molar-refractivity contribution >= 4 is 32.6 Å². The zero-order chi connectivity index (χ0) is 12.8. The quantitative estimate of drug-likeness (QED) is 0.809. The van der Waals surface area contributed by atoms with Crippen LogP contribution in [0.1, 0.15) is 13.0 Å². The van der Waals surface area contributed by atoms with E-state index in [1.807, 2.05) is 24.3 Å². The van der Waals surface area contributed by atoms with Gasteiger partial charge in [0.05, 0.1) is 28.6 Å². The maximum Gasteiger partial charge on any atom is 0.169 e. The molecule has 0 saturated carbocycles. The molecule has 0 unspecified atom stereocenters. The second kappa shape index (κ2) is 4.28. The molecule has 1 aliphatic heterocycles. The molecule has 0 bridgehead atoms. The van der Waals surface area contributed by atoms with E-state index in [4.69, 9.17) is 0 Å². The predicted molar refractivity (Wildman–Crippen MR) is 73.8 cm³/mol. The lowest BCUT2D eigenvalue weighted by Gasteiger charge is -2.28. The number of hydrogen-bond acceptors (Lipinski definition) is 4. The summed E-state index contributed by atoms with van der Waals surface area (Å²) in [7, 11) is -2.81. The molecule has 0 N–H and O–H groups in total. The Morgan fingerprint density at radius 3 is 2.78 bits per heavy atom. The molecule has 0 radical (unpaired) electrons. The van der Waals surface area contributed by atoms with Gasteiger partial charge in [0, 0.05) is 0 Å². The van der Waals surface area contributed by atoms with Crippen molar-refractivity contribution in [3.8, 4) is 0 Å². The monoisotopic (exact) mass is 282 g/mol. The molecular weight excluding hydrogens is 268 g/mol. The summed E-state index contributed by atoms with van der Waals surface area (Å²) in [5, 5.41) is 0.929. The Labute approximate surface area is 110 Å². The number of fused-ring (bicyclic) bond motifs is 1. The minimum Gasteiger partial charge on any atom is -0.314 e. The van der Waals surface area contributed by atoms with Crippen molar-refractivity contribution in [1.29, 1.82) is 0 Å². The predicted octanol–water partition coefficient (Wildman–Crippen LogP) is 2.12. The van der Waals surface area contributed by atoms with Gasteiger partial charge in [-0.2, -0.15) is 0 Å². The zero-order valence-electron chi connectivity index (χ0n) is 10.0. The molecule has 0 atom stereocenters. The number of para-hydroxylation sites is 2. The van der Waals surface area contributed by atoms with Gasteiger partial charge >= 0.3 is 0 Å².